The first-order valence-corrected chi connectivity index (χ1v) is 54.1. The Morgan fingerprint density at radius 2 is 0.847 bits per heavy atom. The molecule has 4 atom stereocenters. The van der Waals surface area contributed by atoms with E-state index in [1.165, 1.54) is 35.1 Å². The van der Waals surface area contributed by atoms with Crippen LogP contribution in [0.4, 0.5) is 0 Å². The Balaban J connectivity index is 0.000000792. The maximum Gasteiger partial charge on any atom is 0.232 e. The van der Waals surface area contributed by atoms with Gasteiger partial charge in [0.2, 0.25) is 23.6 Å². The van der Waals surface area contributed by atoms with Crippen molar-refractivity contribution in [3.63, 3.8) is 0 Å². The van der Waals surface area contributed by atoms with Crippen LogP contribution in [0.2, 0.25) is 0 Å². The maximum absolute atomic E-state index is 12.1. The second-order valence-corrected chi connectivity index (χ2v) is 64.2. The zero-order valence-corrected chi connectivity index (χ0v) is 106. The second kappa shape index (κ2) is 48.6. The smallest absolute Gasteiger partial charge is 0.232 e. The Labute approximate surface area is 886 Å². The minimum atomic E-state index is -0.0590. The molecule has 23 nitrogen and oxygen atoms in total. The van der Waals surface area contributed by atoms with Gasteiger partial charge in [-0.1, -0.05) is 415 Å². The van der Waals surface area contributed by atoms with Gasteiger partial charge in [-0.2, -0.15) is 4.98 Å². The van der Waals surface area contributed by atoms with E-state index in [4.69, 9.17) is 31.9 Å². The molecule has 4 aliphatic rings. The number of aromatic nitrogens is 11. The fourth-order valence-electron chi connectivity index (χ4n) is 13.2. The molecule has 2 saturated heterocycles. The molecule has 0 saturated carbocycles. The number of nitrogens with zero attached hydrogens (tertiary/aromatic N) is 15. The summed E-state index contributed by atoms with van der Waals surface area (Å²) < 4.78 is 34.8. The highest BCUT2D eigenvalue weighted by Crippen LogP contribution is 2.42. The van der Waals surface area contributed by atoms with Gasteiger partial charge in [-0.05, 0) is 109 Å². The van der Waals surface area contributed by atoms with Crippen molar-refractivity contribution in [2.45, 2.75) is 575 Å². The zero-order valence-electron chi connectivity index (χ0n) is 106. The first-order valence-electron chi connectivity index (χ1n) is 53.3. The van der Waals surface area contributed by atoms with E-state index in [1.807, 2.05) is 39.5 Å². The number of amides is 1. The van der Waals surface area contributed by atoms with Gasteiger partial charge in [0.25, 0.3) is 0 Å². The molecule has 4 unspecified atom stereocenters. The third kappa shape index (κ3) is 46.7. The van der Waals surface area contributed by atoms with Crippen LogP contribution < -0.4 is 0 Å². The predicted octanol–water partition coefficient (Wildman–Crippen LogP) is 33.1. The van der Waals surface area contributed by atoms with Crippen molar-refractivity contribution in [3.8, 4) is 0 Å². The fourth-order valence-corrected chi connectivity index (χ4v) is 14.2. The quantitative estimate of drug-likeness (QED) is 0.136. The van der Waals surface area contributed by atoms with Crippen LogP contribution in [0.3, 0.4) is 0 Å². The average molecular weight is 2030 g/mol. The molecular weight excluding hydrogens is 1810 g/mol. The number of hydrogen-bond acceptors (Lipinski definition) is 22. The largest absolute Gasteiger partial charge is 0.478 e. The van der Waals surface area contributed by atoms with Crippen LogP contribution in [0.25, 0.3) is 0 Å². The van der Waals surface area contributed by atoms with Gasteiger partial charge in [0.05, 0.1) is 45.6 Å². The Hall–Kier alpha value is -6.95. The summed E-state index contributed by atoms with van der Waals surface area (Å²) >= 11 is 1.84. The Kier molecular flexibility index (Phi) is 45.5. The van der Waals surface area contributed by atoms with E-state index < -0.39 is 0 Å². The SMILES string of the molecule is CC(C)(C)C1=NC(C(C)(C)C)CO1.CC(C)(C)C1=NOC(C(C)(C)C)C1.CC(C)(C)C1CCN(C(C)(C)C)C1.CC(C)(C)C1CCN(C(C)(C)C)C1=O.CC(C)(C)c1cc(C(C)(C)C)on1.CC(C)(C)c1cn(C(C)(C)C)nn1.CC(C)(C)c1cnc(C(C)(C)C)o1.CC(C)(C)c1cnc(C(C)(C)C)s1.CC(C)(C)c1coc(C(C)(C)C)n1.CC(C)(C)c1nnc(C(C)(C)C)o1.CC(C)(C)c1noc(C(C)(C)C)n1. The highest BCUT2D eigenvalue weighted by atomic mass is 32.1. The van der Waals surface area contributed by atoms with E-state index in [0.717, 1.165) is 84.0 Å². The number of carbonyl (C=O) groups excluding carboxylic acids is 1. The van der Waals surface area contributed by atoms with Crippen molar-refractivity contribution in [2.24, 2.45) is 54.5 Å². The van der Waals surface area contributed by atoms with Gasteiger partial charge in [-0.25, -0.2) is 24.6 Å². The lowest BCUT2D eigenvalue weighted by Crippen LogP contribution is -2.44. The van der Waals surface area contributed by atoms with Crippen molar-refractivity contribution in [1.29, 1.82) is 0 Å². The molecule has 7 aromatic heterocycles. The monoisotopic (exact) mass is 2030 g/mol. The topological polar surface area (TPSA) is 266 Å². The van der Waals surface area contributed by atoms with E-state index in [1.54, 1.807) is 6.26 Å². The first-order chi connectivity index (χ1) is 63.2. The Morgan fingerprint density at radius 3 is 1.07 bits per heavy atom. The fraction of sp³-hybridized carbons (Fsp3) is 0.825. The molecule has 11 heterocycles. The van der Waals surface area contributed by atoms with Crippen molar-refractivity contribution < 1.29 is 36.7 Å². The molecule has 0 aliphatic carbocycles. The summed E-state index contributed by atoms with van der Waals surface area (Å²) in [5, 5.41) is 29.8. The van der Waals surface area contributed by atoms with Crippen LogP contribution in [-0.4, -0.2) is 132 Å². The molecular formula is C120H221N15O8S. The molecule has 24 heteroatoms. The maximum atomic E-state index is 12.1. The first kappa shape index (κ1) is 135. The summed E-state index contributed by atoms with van der Waals surface area (Å²) in [4.78, 5) is 45.8. The van der Waals surface area contributed by atoms with Crippen molar-refractivity contribution >= 4 is 28.9 Å². The van der Waals surface area contributed by atoms with Crippen LogP contribution in [0, 0.1) is 44.3 Å². The Bertz CT molecular complexity index is 4150. The number of carbonyl (C=O) groups is 1. The third-order valence-electron chi connectivity index (χ3n) is 24.3. The Morgan fingerprint density at radius 1 is 0.375 bits per heavy atom. The van der Waals surface area contributed by atoms with E-state index in [0.29, 0.717) is 40.6 Å². The number of thiazole rings is 1. The van der Waals surface area contributed by atoms with Crippen molar-refractivity contribution in [2.75, 3.05) is 26.2 Å². The summed E-state index contributed by atoms with van der Waals surface area (Å²) in [5.74, 6) is 8.78. The number of hydrogen-bond donors (Lipinski definition) is 0. The third-order valence-corrected chi connectivity index (χ3v) is 26.2. The van der Waals surface area contributed by atoms with Crippen LogP contribution >= 0.6 is 11.3 Å². The molecule has 0 radical (unpaired) electrons. The van der Waals surface area contributed by atoms with Crippen LogP contribution in [0.15, 0.2) is 63.4 Å². The number of oxazole rings is 2. The van der Waals surface area contributed by atoms with Crippen LogP contribution in [0.5, 0.6) is 0 Å². The minimum Gasteiger partial charge on any atom is -0.478 e. The summed E-state index contributed by atoms with van der Waals surface area (Å²) in [5.41, 5.74) is 6.42. The summed E-state index contributed by atoms with van der Waals surface area (Å²) in [6.07, 6.45) is 11.3. The van der Waals surface area contributed by atoms with Gasteiger partial charge in [0.15, 0.2) is 23.5 Å². The number of likely N-dealkylation sites (tertiary alicyclic amines) is 2. The van der Waals surface area contributed by atoms with E-state index >= 15 is 0 Å². The summed E-state index contributed by atoms with van der Waals surface area (Å²) in [6, 6.07) is 2.38. The number of oxime groups is 1. The molecule has 144 heavy (non-hydrogen) atoms. The highest BCUT2D eigenvalue weighted by molar-refractivity contribution is 7.11. The van der Waals surface area contributed by atoms with Crippen LogP contribution in [-0.2, 0) is 90.3 Å². The predicted molar refractivity (Wildman–Crippen MR) is 608 cm³/mol. The number of rotatable bonds is 0. The summed E-state index contributed by atoms with van der Waals surface area (Å²) in [7, 11) is 0. The normalized spacial score (nSPS) is 17.6. The lowest BCUT2D eigenvalue weighted by Gasteiger charge is -2.33. The van der Waals surface area contributed by atoms with E-state index in [2.05, 4.69) is 529 Å². The molecule has 0 N–H and O–H groups in total. The lowest BCUT2D eigenvalue weighted by atomic mass is 9.80. The molecule has 0 aromatic carbocycles. The van der Waals surface area contributed by atoms with E-state index in [-0.39, 0.29) is 121 Å². The molecule has 7 aromatic rings. The van der Waals surface area contributed by atoms with Crippen LogP contribution in [0.1, 0.15) is 550 Å². The number of aliphatic imine (C=N–C) groups is 1. The molecule has 1 amide bonds. The molecule has 0 bridgehead atoms. The van der Waals surface area contributed by atoms with Gasteiger partial charge in [-0.3, -0.25) is 9.69 Å². The highest BCUT2D eigenvalue weighted by Gasteiger charge is 2.45. The van der Waals surface area contributed by atoms with E-state index in [9.17, 15) is 4.79 Å². The van der Waals surface area contributed by atoms with Gasteiger partial charge >= 0.3 is 0 Å². The zero-order chi connectivity index (χ0) is 114. The minimum absolute atomic E-state index is 0.00347. The lowest BCUT2D eigenvalue weighted by molar-refractivity contribution is -0.137. The molecule has 4 aliphatic heterocycles. The van der Waals surface area contributed by atoms with Gasteiger partial charge in [-0.15, -0.1) is 26.6 Å². The molecule has 0 spiro atoms. The molecule has 830 valence electrons. The standard InChI is InChI=1S/C12H23NO.C12H25N.C11H21NO.2C11H19NO.C11H21NO.C11H19NO.C11H19NS.C10H19N3.2C10H18N2O/c1-11(2,3)9-7-8-13(10(9)14)12(4,5)6;1-11(2,3)10-7-8-13(9-10)12(4,5)6;2*1-10(2,3)8-7-13-9(12-8)11(4,5)6;1-10(2,3)8-7-12-9(13-8)11(4,5)6;2*1-10(2,3)8-7-9(13-12-8)11(4,5)6;1-10(2,3)8-7-12-9(13-8)11(4,5)6;1-9(2,3)8-7-13(12-11-8)10(4,5)6;1-9(2,3)7-11-12-8(13-7)10(4,5)6;1-9(2,3)7-11-8(13-12-7)10(4,5)6/h9H,7-8H2,1-6H3;10H,7-9H2,1-6H3;8H,7H2,1-6H3;2*7H,1-6H3;9H,7H2,1-6H3;3*7H,1-6H3;2*1-6H3. The van der Waals surface area contributed by atoms with Crippen molar-refractivity contribution in [1.82, 2.24) is 65.2 Å². The number of ether oxygens (including phenoxy) is 1. The van der Waals surface area contributed by atoms with Gasteiger partial charge in [0.1, 0.15) is 30.5 Å². The molecule has 2 fully saturated rings. The van der Waals surface area contributed by atoms with Gasteiger partial charge < -0.3 is 36.8 Å². The van der Waals surface area contributed by atoms with Crippen molar-refractivity contribution in [3.05, 3.63) is 105 Å². The van der Waals surface area contributed by atoms with Gasteiger partial charge in [0, 0.05) is 141 Å². The molecule has 11 rings (SSSR count). The summed E-state index contributed by atoms with van der Waals surface area (Å²) in [6.45, 7) is 146. The second-order valence-electron chi connectivity index (χ2n) is 63.1. The average Bonchev–Trinajstić information content (AvgIpc) is 1.64.